The highest BCUT2D eigenvalue weighted by atomic mass is 16.2. The van der Waals surface area contributed by atoms with Gasteiger partial charge in [0.2, 0.25) is 0 Å². The second-order valence-corrected chi connectivity index (χ2v) is 6.22. The van der Waals surface area contributed by atoms with Gasteiger partial charge in [-0.1, -0.05) is 74.5 Å². The van der Waals surface area contributed by atoms with E-state index < -0.39 is 0 Å². The molecule has 0 aliphatic heterocycles. The molecule has 0 amide bonds. The van der Waals surface area contributed by atoms with E-state index >= 15 is 0 Å². The van der Waals surface area contributed by atoms with E-state index in [0.29, 0.717) is 6.42 Å². The molecule has 3 aromatic carbocycles. The van der Waals surface area contributed by atoms with Crippen LogP contribution in [0.1, 0.15) is 30.5 Å². The van der Waals surface area contributed by atoms with Crippen LogP contribution in [-0.4, -0.2) is 11.7 Å². The van der Waals surface area contributed by atoms with Crippen molar-refractivity contribution in [1.82, 2.24) is 0 Å². The molecule has 0 fully saturated rings. The minimum absolute atomic E-state index is 0.150. The summed E-state index contributed by atoms with van der Waals surface area (Å²) < 4.78 is 0. The normalized spacial score (nSPS) is 10.8. The molecule has 3 aromatic rings. The highest BCUT2D eigenvalue weighted by molar-refractivity contribution is 5.82. The van der Waals surface area contributed by atoms with Gasteiger partial charge in [0.25, 0.3) is 0 Å². The van der Waals surface area contributed by atoms with E-state index in [4.69, 9.17) is 0 Å². The lowest BCUT2D eigenvalue weighted by Crippen LogP contribution is -2.05. The van der Waals surface area contributed by atoms with Crippen molar-refractivity contribution in [3.63, 3.8) is 0 Å². The lowest BCUT2D eigenvalue weighted by molar-refractivity contribution is 0.299. The molecule has 25 heavy (non-hydrogen) atoms. The maximum Gasteiger partial charge on any atom is 0.0471 e. The molecule has 1 radical (unpaired) electrons. The van der Waals surface area contributed by atoms with Crippen LogP contribution in [-0.2, 0) is 19.3 Å². The molecule has 0 aromatic heterocycles. The fourth-order valence-electron chi connectivity index (χ4n) is 3.63. The lowest BCUT2D eigenvalue weighted by Gasteiger charge is -2.21. The van der Waals surface area contributed by atoms with Crippen LogP contribution in [0.5, 0.6) is 0 Å². The molecular formula is C24H25O. The second kappa shape index (κ2) is 8.13. The summed E-state index contributed by atoms with van der Waals surface area (Å²) in [5.74, 6) is 0. The first-order chi connectivity index (χ1) is 12.3. The first kappa shape index (κ1) is 17.4. The van der Waals surface area contributed by atoms with Crippen molar-refractivity contribution < 1.29 is 5.11 Å². The van der Waals surface area contributed by atoms with E-state index in [2.05, 4.69) is 74.5 Å². The molecule has 0 atom stereocenters. The molecule has 3 rings (SSSR count). The summed E-state index contributed by atoms with van der Waals surface area (Å²) in [6.45, 7) is 4.56. The molecule has 0 unspecified atom stereocenters. The molecule has 0 heterocycles. The first-order valence-electron chi connectivity index (χ1n) is 9.11. The van der Waals surface area contributed by atoms with Crippen molar-refractivity contribution in [3.8, 4) is 22.3 Å². The second-order valence-electron chi connectivity index (χ2n) is 6.22. The smallest absolute Gasteiger partial charge is 0.0471 e. The van der Waals surface area contributed by atoms with E-state index in [1.807, 2.05) is 6.07 Å². The highest BCUT2D eigenvalue weighted by Crippen LogP contribution is 2.38. The Morgan fingerprint density at radius 3 is 1.84 bits per heavy atom. The largest absolute Gasteiger partial charge is 0.396 e. The summed E-state index contributed by atoms with van der Waals surface area (Å²) in [6.07, 6.45) is 2.54. The average Bonchev–Trinajstić information content (AvgIpc) is 2.68. The maximum absolute atomic E-state index is 9.57. The zero-order valence-electron chi connectivity index (χ0n) is 15.0. The topological polar surface area (TPSA) is 20.2 Å². The molecule has 0 saturated carbocycles. The Hall–Kier alpha value is -2.38. The van der Waals surface area contributed by atoms with Gasteiger partial charge < -0.3 is 5.11 Å². The third-order valence-electron chi connectivity index (χ3n) is 4.74. The van der Waals surface area contributed by atoms with Crippen LogP contribution >= 0.6 is 0 Å². The summed E-state index contributed by atoms with van der Waals surface area (Å²) in [5.41, 5.74) is 8.74. The van der Waals surface area contributed by atoms with E-state index in [0.717, 1.165) is 18.4 Å². The number of benzene rings is 3. The fraction of sp³-hybridized carbons (Fsp3) is 0.250. The van der Waals surface area contributed by atoms with Crippen LogP contribution in [0, 0.1) is 6.07 Å². The predicted octanol–water partition coefficient (Wildman–Crippen LogP) is 5.48. The Labute approximate surface area is 151 Å². The summed E-state index contributed by atoms with van der Waals surface area (Å²) in [7, 11) is 0. The molecule has 1 nitrogen and oxygen atoms in total. The average molecular weight is 329 g/mol. The van der Waals surface area contributed by atoms with Crippen molar-refractivity contribution in [2.45, 2.75) is 33.1 Å². The van der Waals surface area contributed by atoms with E-state index in [-0.39, 0.29) is 6.61 Å². The molecule has 0 bridgehead atoms. The third-order valence-corrected chi connectivity index (χ3v) is 4.74. The number of rotatable bonds is 6. The zero-order valence-corrected chi connectivity index (χ0v) is 15.0. The zero-order chi connectivity index (χ0) is 17.6. The SMILES string of the molecule is CCc1c(CCO)[c]c(-c2ccccc2)c(CC)c1-c1ccccc1. The van der Waals surface area contributed by atoms with Gasteiger partial charge in [-0.25, -0.2) is 0 Å². The molecule has 127 valence electrons. The summed E-state index contributed by atoms with van der Waals surface area (Å²) in [6, 6.07) is 24.8. The third kappa shape index (κ3) is 3.52. The monoisotopic (exact) mass is 329 g/mol. The van der Waals surface area contributed by atoms with Crippen molar-refractivity contribution in [2.24, 2.45) is 0 Å². The standard InChI is InChI=1S/C24H25O/c1-3-21-20(15-16-25)17-23(18-11-7-5-8-12-18)22(4-2)24(21)19-13-9-6-10-14-19/h5-14,25H,3-4,15-16H2,1-2H3. The Balaban J connectivity index is 2.35. The van der Waals surface area contributed by atoms with Gasteiger partial charge in [0.15, 0.2) is 0 Å². The van der Waals surface area contributed by atoms with Gasteiger partial charge in [-0.3, -0.25) is 0 Å². The van der Waals surface area contributed by atoms with E-state index in [9.17, 15) is 5.11 Å². The number of aliphatic hydroxyl groups excluding tert-OH is 1. The first-order valence-corrected chi connectivity index (χ1v) is 9.11. The van der Waals surface area contributed by atoms with Crippen LogP contribution in [0.4, 0.5) is 0 Å². The van der Waals surface area contributed by atoms with Crippen LogP contribution < -0.4 is 0 Å². The highest BCUT2D eigenvalue weighted by Gasteiger charge is 2.18. The molecule has 0 aliphatic rings. The van der Waals surface area contributed by atoms with Crippen LogP contribution in [0.25, 0.3) is 22.3 Å². The lowest BCUT2D eigenvalue weighted by atomic mass is 9.82. The minimum Gasteiger partial charge on any atom is -0.396 e. The Morgan fingerprint density at radius 2 is 1.32 bits per heavy atom. The number of aliphatic hydroxyl groups is 1. The van der Waals surface area contributed by atoms with Gasteiger partial charge in [0.1, 0.15) is 0 Å². The Kier molecular flexibility index (Phi) is 5.67. The van der Waals surface area contributed by atoms with Crippen molar-refractivity contribution in [2.75, 3.05) is 6.61 Å². The van der Waals surface area contributed by atoms with Crippen molar-refractivity contribution >= 4 is 0 Å². The molecule has 1 heteroatoms. The van der Waals surface area contributed by atoms with Crippen LogP contribution in [0.2, 0.25) is 0 Å². The van der Waals surface area contributed by atoms with E-state index in [1.54, 1.807) is 0 Å². The van der Waals surface area contributed by atoms with Crippen molar-refractivity contribution in [3.05, 3.63) is 83.4 Å². The van der Waals surface area contributed by atoms with Gasteiger partial charge in [-0.2, -0.15) is 0 Å². The fourth-order valence-corrected chi connectivity index (χ4v) is 3.63. The van der Waals surface area contributed by atoms with Crippen molar-refractivity contribution in [1.29, 1.82) is 0 Å². The molecule has 0 spiro atoms. The molecular weight excluding hydrogens is 304 g/mol. The number of hydrogen-bond acceptors (Lipinski definition) is 1. The van der Waals surface area contributed by atoms with Gasteiger partial charge in [0.05, 0.1) is 0 Å². The Bertz CT molecular complexity index is 820. The van der Waals surface area contributed by atoms with E-state index in [1.165, 1.54) is 33.4 Å². The molecule has 1 N–H and O–H groups in total. The van der Waals surface area contributed by atoms with Gasteiger partial charge in [0, 0.05) is 6.61 Å². The molecule has 0 aliphatic carbocycles. The Morgan fingerprint density at radius 1 is 0.760 bits per heavy atom. The van der Waals surface area contributed by atoms with Gasteiger partial charge >= 0.3 is 0 Å². The minimum atomic E-state index is 0.150. The quantitative estimate of drug-likeness (QED) is 0.635. The predicted molar refractivity (Wildman–Crippen MR) is 106 cm³/mol. The summed E-state index contributed by atoms with van der Waals surface area (Å²) >= 11 is 0. The maximum atomic E-state index is 9.57. The molecule has 0 saturated heterocycles. The summed E-state index contributed by atoms with van der Waals surface area (Å²) in [5, 5.41) is 9.57. The van der Waals surface area contributed by atoms with Gasteiger partial charge in [-0.05, 0) is 64.3 Å². The summed E-state index contributed by atoms with van der Waals surface area (Å²) in [4.78, 5) is 0. The van der Waals surface area contributed by atoms with Gasteiger partial charge in [-0.15, -0.1) is 0 Å². The van der Waals surface area contributed by atoms with Crippen LogP contribution in [0.3, 0.4) is 0 Å². The van der Waals surface area contributed by atoms with Crippen LogP contribution in [0.15, 0.2) is 60.7 Å². The number of hydrogen-bond donors (Lipinski definition) is 1.